The van der Waals surface area contributed by atoms with Crippen molar-refractivity contribution >= 4 is 11.4 Å². The lowest BCUT2D eigenvalue weighted by molar-refractivity contribution is 0.121. The number of ether oxygens (including phenoxy) is 3. The number of hydrogen-bond donors (Lipinski definition) is 0. The molecule has 5 aromatic rings. The van der Waals surface area contributed by atoms with E-state index in [1.165, 1.54) is 44.8 Å². The minimum atomic E-state index is -0.159. The predicted molar refractivity (Wildman–Crippen MR) is 189 cm³/mol. The highest BCUT2D eigenvalue weighted by Crippen LogP contribution is 2.39. The van der Waals surface area contributed by atoms with E-state index in [1.54, 1.807) is 0 Å². The van der Waals surface area contributed by atoms with E-state index in [-0.39, 0.29) is 5.41 Å². The first-order valence-corrected chi connectivity index (χ1v) is 16.4. The first-order chi connectivity index (χ1) is 22.8. The van der Waals surface area contributed by atoms with E-state index in [1.807, 2.05) is 12.1 Å². The zero-order chi connectivity index (χ0) is 32.4. The van der Waals surface area contributed by atoms with Crippen LogP contribution in [0.25, 0.3) is 0 Å². The van der Waals surface area contributed by atoms with E-state index in [0.717, 1.165) is 36.9 Å². The quantitative estimate of drug-likeness (QED) is 0.199. The summed E-state index contributed by atoms with van der Waals surface area (Å²) in [7, 11) is 2.06. The molecule has 3 heterocycles. The summed E-state index contributed by atoms with van der Waals surface area (Å²) < 4.78 is 17.7. The monoisotopic (exact) mass is 625 g/mol. The summed E-state index contributed by atoms with van der Waals surface area (Å²) in [5.41, 5.74) is 9.81. The third-order valence-corrected chi connectivity index (χ3v) is 9.38. The Bertz CT molecular complexity index is 1740. The van der Waals surface area contributed by atoms with Gasteiger partial charge in [0, 0.05) is 53.1 Å². The van der Waals surface area contributed by atoms with Crippen molar-refractivity contribution in [3.8, 4) is 17.2 Å². The second kappa shape index (κ2) is 13.0. The maximum atomic E-state index is 6.10. The Morgan fingerprint density at radius 3 is 1.47 bits per heavy atom. The van der Waals surface area contributed by atoms with Crippen LogP contribution in [0.5, 0.6) is 17.2 Å². The zero-order valence-electron chi connectivity index (χ0n) is 27.8. The molecule has 0 aliphatic carbocycles. The van der Waals surface area contributed by atoms with Crippen LogP contribution in [0.3, 0.4) is 0 Å². The van der Waals surface area contributed by atoms with Crippen LogP contribution in [-0.4, -0.2) is 32.1 Å². The first-order valence-electron chi connectivity index (χ1n) is 16.4. The number of fused-ring (bicyclic) bond motifs is 3. The molecule has 0 fully saturated rings. The number of benzene rings is 5. The van der Waals surface area contributed by atoms with E-state index < -0.39 is 0 Å². The summed E-state index contributed by atoms with van der Waals surface area (Å²) in [5.74, 6) is 3.00. The third-order valence-electron chi connectivity index (χ3n) is 9.38. The minimum Gasteiger partial charge on any atom is -0.478 e. The molecule has 3 aliphatic rings. The summed E-state index contributed by atoms with van der Waals surface area (Å²) in [6.45, 7) is 11.2. The van der Waals surface area contributed by atoms with Crippen molar-refractivity contribution in [3.63, 3.8) is 0 Å². The summed E-state index contributed by atoms with van der Waals surface area (Å²) in [6, 6.07) is 40.6. The largest absolute Gasteiger partial charge is 0.478 e. The number of para-hydroxylation sites is 2. The molecule has 240 valence electrons. The Hall–Kier alpha value is -4.94. The topological polar surface area (TPSA) is 37.4 Å². The van der Waals surface area contributed by atoms with Crippen LogP contribution in [0, 0.1) is 6.92 Å². The summed E-state index contributed by atoms with van der Waals surface area (Å²) >= 11 is 0. The minimum absolute atomic E-state index is 0.159. The molecule has 8 rings (SSSR count). The van der Waals surface area contributed by atoms with Gasteiger partial charge in [-0.1, -0.05) is 80.1 Å². The number of rotatable bonds is 4. The summed E-state index contributed by atoms with van der Waals surface area (Å²) in [4.78, 5) is 6.70. The normalized spacial score (nSPS) is 15.5. The van der Waals surface area contributed by atoms with Crippen LogP contribution < -0.4 is 24.0 Å². The van der Waals surface area contributed by atoms with E-state index >= 15 is 0 Å². The molecule has 0 atom stereocenters. The van der Waals surface area contributed by atoms with E-state index in [9.17, 15) is 0 Å². The number of nitrogens with zero attached hydrogens (tertiary/aromatic N) is 3. The van der Waals surface area contributed by atoms with Crippen molar-refractivity contribution in [1.82, 2.24) is 4.90 Å². The number of anilines is 2. The molecule has 0 radical (unpaired) electrons. The lowest BCUT2D eigenvalue weighted by Crippen LogP contribution is -2.32. The Balaban J connectivity index is 0.000000245. The van der Waals surface area contributed by atoms with Crippen LogP contribution in [0.2, 0.25) is 0 Å². The van der Waals surface area contributed by atoms with E-state index in [2.05, 4.69) is 146 Å². The van der Waals surface area contributed by atoms with Crippen LogP contribution in [-0.2, 0) is 25.0 Å². The highest BCUT2D eigenvalue weighted by atomic mass is 16.5. The molecule has 3 aliphatic heterocycles. The standard InChI is InChI=1S/C31H30N2O2.C10H13NO/c1-31(2,25-13-15-29-23(17-25)19-32(21-34-29)27-9-5-3-6-10-27)26-14-16-30-24(18-26)20-33(22-35-30)28-11-7-4-8-12-28;1-8-3-4-10-9(5-8)6-11(2)7-12-10/h3-18H,19-22H2,1-2H3;3-5H,6-7H2,1-2H3. The molecule has 0 spiro atoms. The lowest BCUT2D eigenvalue weighted by Gasteiger charge is -2.34. The second-order valence-electron chi connectivity index (χ2n) is 13.3. The maximum Gasteiger partial charge on any atom is 0.161 e. The van der Waals surface area contributed by atoms with Crippen molar-refractivity contribution in [1.29, 1.82) is 0 Å². The fourth-order valence-electron chi connectivity index (χ4n) is 6.53. The smallest absolute Gasteiger partial charge is 0.161 e. The molecule has 6 heteroatoms. The number of aryl methyl sites for hydroxylation is 1. The van der Waals surface area contributed by atoms with Crippen LogP contribution in [0.1, 0.15) is 47.2 Å². The van der Waals surface area contributed by atoms with Gasteiger partial charge in [-0.25, -0.2) is 0 Å². The average molecular weight is 626 g/mol. The predicted octanol–water partition coefficient (Wildman–Crippen LogP) is 8.50. The highest BCUT2D eigenvalue weighted by Gasteiger charge is 2.28. The molecule has 0 aromatic heterocycles. The summed E-state index contributed by atoms with van der Waals surface area (Å²) in [5, 5.41) is 0. The van der Waals surface area contributed by atoms with Gasteiger partial charge in [-0.2, -0.15) is 0 Å². The molecule has 0 bridgehead atoms. The SMILES string of the molecule is CC(C)(c1ccc2c(c1)CN(c1ccccc1)CO2)c1ccc2c(c1)CN(c1ccccc1)CO2.Cc1ccc2c(c1)CN(C)CO2. The molecule has 47 heavy (non-hydrogen) atoms. The van der Waals surface area contributed by atoms with Crippen molar-refractivity contribution < 1.29 is 14.2 Å². The molecular weight excluding hydrogens is 582 g/mol. The molecule has 6 nitrogen and oxygen atoms in total. The van der Waals surface area contributed by atoms with Crippen LogP contribution in [0.4, 0.5) is 11.4 Å². The van der Waals surface area contributed by atoms with Gasteiger partial charge in [-0.3, -0.25) is 4.90 Å². The second-order valence-corrected chi connectivity index (χ2v) is 13.3. The molecule has 5 aromatic carbocycles. The van der Waals surface area contributed by atoms with Gasteiger partial charge in [0.1, 0.15) is 24.0 Å². The van der Waals surface area contributed by atoms with E-state index in [0.29, 0.717) is 20.2 Å². The van der Waals surface area contributed by atoms with Gasteiger partial charge in [0.15, 0.2) is 13.5 Å². The maximum absolute atomic E-state index is 6.10. The van der Waals surface area contributed by atoms with E-state index in [4.69, 9.17) is 14.2 Å². The lowest BCUT2D eigenvalue weighted by atomic mass is 9.77. The van der Waals surface area contributed by atoms with Gasteiger partial charge >= 0.3 is 0 Å². The van der Waals surface area contributed by atoms with Gasteiger partial charge in [-0.15, -0.1) is 0 Å². The Morgan fingerprint density at radius 2 is 0.957 bits per heavy atom. The van der Waals surface area contributed by atoms with Gasteiger partial charge in [0.2, 0.25) is 0 Å². The fraction of sp³-hybridized carbons (Fsp3) is 0.268. The molecule has 0 unspecified atom stereocenters. The van der Waals surface area contributed by atoms with Gasteiger partial charge in [0.05, 0.1) is 0 Å². The molecule has 0 amide bonds. The number of hydrogen-bond acceptors (Lipinski definition) is 6. The molecule has 0 saturated heterocycles. The van der Waals surface area contributed by atoms with Gasteiger partial charge in [-0.05, 0) is 79.7 Å². The Morgan fingerprint density at radius 1 is 0.511 bits per heavy atom. The summed E-state index contributed by atoms with van der Waals surface area (Å²) in [6.07, 6.45) is 0. The third kappa shape index (κ3) is 6.65. The molecule has 0 N–H and O–H groups in total. The first kappa shape index (κ1) is 30.7. The zero-order valence-corrected chi connectivity index (χ0v) is 27.8. The average Bonchev–Trinajstić information content (AvgIpc) is 3.11. The Kier molecular flexibility index (Phi) is 8.52. The Labute approximate surface area is 278 Å². The fourth-order valence-corrected chi connectivity index (χ4v) is 6.53. The van der Waals surface area contributed by atoms with Gasteiger partial charge in [0.25, 0.3) is 0 Å². The van der Waals surface area contributed by atoms with Crippen molar-refractivity contribution in [2.24, 2.45) is 0 Å². The van der Waals surface area contributed by atoms with Crippen LogP contribution >= 0.6 is 0 Å². The van der Waals surface area contributed by atoms with Crippen molar-refractivity contribution in [3.05, 3.63) is 149 Å². The molecule has 0 saturated carbocycles. The highest BCUT2D eigenvalue weighted by molar-refractivity contribution is 5.54. The van der Waals surface area contributed by atoms with Crippen LogP contribution in [0.15, 0.2) is 115 Å². The van der Waals surface area contributed by atoms with Crippen molar-refractivity contribution in [2.75, 3.05) is 37.0 Å². The van der Waals surface area contributed by atoms with Crippen molar-refractivity contribution in [2.45, 2.75) is 45.8 Å². The molecular formula is C41H43N3O3. The van der Waals surface area contributed by atoms with Gasteiger partial charge < -0.3 is 24.0 Å².